The van der Waals surface area contributed by atoms with Crippen molar-refractivity contribution in [2.45, 2.75) is 133 Å². The molecule has 8 atom stereocenters. The molecule has 0 radical (unpaired) electrons. The van der Waals surface area contributed by atoms with Crippen molar-refractivity contribution in [3.8, 4) is 11.3 Å². The number of allylic oxidation sites excluding steroid dienone is 1. The smallest absolute Gasteiger partial charge is 0.218 e. The largest absolute Gasteiger partial charge is 0.372 e. The molecule has 3 aliphatic heterocycles. The lowest BCUT2D eigenvalue weighted by Crippen LogP contribution is -2.63. The summed E-state index contributed by atoms with van der Waals surface area (Å²) in [4.78, 5) is 3.10. The van der Waals surface area contributed by atoms with E-state index in [-0.39, 0.29) is 5.41 Å². The van der Waals surface area contributed by atoms with Gasteiger partial charge in [-0.2, -0.15) is 4.57 Å². The van der Waals surface area contributed by atoms with E-state index in [2.05, 4.69) is 72.5 Å². The Bertz CT molecular complexity index is 1280. The molecule has 0 spiro atoms. The number of rotatable bonds is 3. The second-order valence-electron chi connectivity index (χ2n) is 13.8. The second-order valence-corrected chi connectivity index (χ2v) is 13.8. The molecule has 6 aliphatic rings. The zero-order valence-electron chi connectivity index (χ0n) is 24.2. The molecule has 2 aromatic rings. The van der Waals surface area contributed by atoms with Gasteiger partial charge < -0.3 is 4.74 Å². The van der Waals surface area contributed by atoms with Gasteiger partial charge in [-0.15, -0.1) is 0 Å². The summed E-state index contributed by atoms with van der Waals surface area (Å²) in [6.45, 7) is 9.32. The standard InChI is InChI=1S/C36H47N2O/c1-4-36(5-2)23(3)37-20-9-8-12-30(37)28-22-24(16-18-29(28)36)25-17-19-31-27(21-25)26-11-10-15-34-35(26)38(31)32-13-6-7-14-33(32)39-34/h8-9,12,16,18,20,22,25-27,31-35H,3-7,10-11,13-15,17,19,21H2,1-2H3/q+1. The van der Waals surface area contributed by atoms with Gasteiger partial charge in [0.25, 0.3) is 0 Å². The maximum absolute atomic E-state index is 6.89. The molecule has 39 heavy (non-hydrogen) atoms. The predicted molar refractivity (Wildman–Crippen MR) is 157 cm³/mol. The first-order chi connectivity index (χ1) is 19.1. The van der Waals surface area contributed by atoms with Crippen molar-refractivity contribution in [3.63, 3.8) is 0 Å². The molecule has 4 heterocycles. The molecule has 1 aromatic carbocycles. The molecule has 0 bridgehead atoms. The molecule has 8 rings (SSSR count). The van der Waals surface area contributed by atoms with E-state index in [0.717, 1.165) is 30.7 Å². The van der Waals surface area contributed by atoms with Crippen LogP contribution in [0.3, 0.4) is 0 Å². The van der Waals surface area contributed by atoms with E-state index < -0.39 is 0 Å². The highest BCUT2D eigenvalue weighted by atomic mass is 16.5. The number of aromatic nitrogens is 1. The zero-order valence-corrected chi connectivity index (χ0v) is 24.2. The Kier molecular flexibility index (Phi) is 5.90. The maximum atomic E-state index is 6.89. The molecule has 2 saturated heterocycles. The third-order valence-electron chi connectivity index (χ3n) is 12.6. The van der Waals surface area contributed by atoms with Gasteiger partial charge >= 0.3 is 0 Å². The normalized spacial score (nSPS) is 38.3. The van der Waals surface area contributed by atoms with Crippen LogP contribution in [0.15, 0.2) is 49.2 Å². The van der Waals surface area contributed by atoms with Gasteiger partial charge in [0.1, 0.15) is 0 Å². The van der Waals surface area contributed by atoms with Gasteiger partial charge in [-0.05, 0) is 105 Å². The van der Waals surface area contributed by atoms with Gasteiger partial charge in [-0.3, -0.25) is 4.90 Å². The Balaban J connectivity index is 1.14. The van der Waals surface area contributed by atoms with E-state index in [4.69, 9.17) is 4.74 Å². The fourth-order valence-electron chi connectivity index (χ4n) is 10.8. The van der Waals surface area contributed by atoms with Gasteiger partial charge in [-0.25, -0.2) is 0 Å². The predicted octanol–water partition coefficient (Wildman–Crippen LogP) is 7.63. The van der Waals surface area contributed by atoms with Gasteiger partial charge in [0.05, 0.1) is 23.2 Å². The molecular formula is C36H47N2O+. The first kappa shape index (κ1) is 24.8. The van der Waals surface area contributed by atoms with E-state index in [1.165, 1.54) is 86.7 Å². The quantitative estimate of drug-likeness (QED) is 0.385. The molecule has 0 amide bonds. The Labute approximate surface area is 235 Å². The number of fused-ring (bicyclic) bond motifs is 8. The van der Waals surface area contributed by atoms with Crippen LogP contribution in [0.1, 0.15) is 108 Å². The van der Waals surface area contributed by atoms with E-state index in [9.17, 15) is 0 Å². The minimum absolute atomic E-state index is 0.0205. The summed E-state index contributed by atoms with van der Waals surface area (Å²) < 4.78 is 9.27. The van der Waals surface area contributed by atoms with Gasteiger partial charge in [-0.1, -0.05) is 45.2 Å². The summed E-state index contributed by atoms with van der Waals surface area (Å²) in [5.41, 5.74) is 7.11. The fourth-order valence-corrected chi connectivity index (χ4v) is 10.8. The number of hydrogen-bond acceptors (Lipinski definition) is 2. The van der Waals surface area contributed by atoms with E-state index in [1.807, 2.05) is 0 Å². The number of benzene rings is 1. The molecule has 3 nitrogen and oxygen atoms in total. The third-order valence-corrected chi connectivity index (χ3v) is 12.6. The van der Waals surface area contributed by atoms with Crippen LogP contribution in [-0.4, -0.2) is 35.2 Å². The van der Waals surface area contributed by atoms with Crippen LogP contribution >= 0.6 is 0 Å². The molecule has 5 fully saturated rings. The average molecular weight is 524 g/mol. The highest BCUT2D eigenvalue weighted by Crippen LogP contribution is 2.57. The van der Waals surface area contributed by atoms with Crippen molar-refractivity contribution in [2.75, 3.05) is 0 Å². The molecule has 3 aliphatic carbocycles. The highest BCUT2D eigenvalue weighted by molar-refractivity contribution is 5.73. The van der Waals surface area contributed by atoms with Crippen molar-refractivity contribution in [3.05, 3.63) is 60.3 Å². The van der Waals surface area contributed by atoms with E-state index in [0.29, 0.717) is 30.2 Å². The second kappa shape index (κ2) is 9.28. The van der Waals surface area contributed by atoms with Gasteiger partial charge in [0.15, 0.2) is 11.9 Å². The topological polar surface area (TPSA) is 16.4 Å². The van der Waals surface area contributed by atoms with Crippen molar-refractivity contribution in [1.82, 2.24) is 4.90 Å². The number of ether oxygens (including phenoxy) is 1. The maximum Gasteiger partial charge on any atom is 0.218 e. The lowest BCUT2D eigenvalue weighted by atomic mass is 9.66. The molecule has 0 N–H and O–H groups in total. The summed E-state index contributed by atoms with van der Waals surface area (Å²) in [7, 11) is 0. The minimum atomic E-state index is 0.0205. The lowest BCUT2D eigenvalue weighted by molar-refractivity contribution is -0.577. The fraction of sp³-hybridized carbons (Fsp3) is 0.639. The third kappa shape index (κ3) is 3.45. The van der Waals surface area contributed by atoms with Gasteiger partial charge in [0.2, 0.25) is 5.69 Å². The lowest BCUT2D eigenvalue weighted by Gasteiger charge is -2.53. The van der Waals surface area contributed by atoms with Crippen LogP contribution in [0.25, 0.3) is 17.0 Å². The molecule has 8 unspecified atom stereocenters. The summed E-state index contributed by atoms with van der Waals surface area (Å²) in [5.74, 6) is 2.38. The van der Waals surface area contributed by atoms with Crippen LogP contribution in [0.5, 0.6) is 0 Å². The van der Waals surface area contributed by atoms with E-state index in [1.54, 1.807) is 5.56 Å². The SMILES string of the molecule is C=C1[n+]2ccccc2-c2cc(C3CCC4C(C3)C3CCCC5OC6CCCCC6N4C53)ccc2C1(CC)CC. The molecule has 3 saturated carbocycles. The monoisotopic (exact) mass is 523 g/mol. The minimum Gasteiger partial charge on any atom is -0.372 e. The zero-order chi connectivity index (χ0) is 26.3. The molecule has 206 valence electrons. The van der Waals surface area contributed by atoms with Crippen LogP contribution in [-0.2, 0) is 10.2 Å². The number of pyridine rings is 1. The summed E-state index contributed by atoms with van der Waals surface area (Å²) in [6, 6.07) is 16.5. The Morgan fingerprint density at radius 2 is 1.74 bits per heavy atom. The first-order valence-electron chi connectivity index (χ1n) is 16.4. The van der Waals surface area contributed by atoms with Crippen LogP contribution < -0.4 is 4.57 Å². The number of hydrogen-bond donors (Lipinski definition) is 0. The van der Waals surface area contributed by atoms with Crippen molar-refractivity contribution in [2.24, 2.45) is 11.8 Å². The van der Waals surface area contributed by atoms with Crippen LogP contribution in [0.2, 0.25) is 0 Å². The van der Waals surface area contributed by atoms with Crippen molar-refractivity contribution in [1.29, 1.82) is 0 Å². The molecule has 1 aromatic heterocycles. The Morgan fingerprint density at radius 1 is 0.897 bits per heavy atom. The molecule has 3 heteroatoms. The van der Waals surface area contributed by atoms with Crippen molar-refractivity contribution < 1.29 is 9.30 Å². The Morgan fingerprint density at radius 3 is 2.62 bits per heavy atom. The number of morpholine rings is 1. The summed E-state index contributed by atoms with van der Waals surface area (Å²) in [5, 5.41) is 0. The van der Waals surface area contributed by atoms with Crippen molar-refractivity contribution >= 4 is 5.70 Å². The first-order valence-corrected chi connectivity index (χ1v) is 16.4. The number of nitrogens with zero attached hydrogens (tertiary/aromatic N) is 2. The molecular weight excluding hydrogens is 476 g/mol. The average Bonchev–Trinajstić information content (AvgIpc) is 3.33. The highest BCUT2D eigenvalue weighted by Gasteiger charge is 2.60. The van der Waals surface area contributed by atoms with Crippen LogP contribution in [0.4, 0.5) is 0 Å². The summed E-state index contributed by atoms with van der Waals surface area (Å²) in [6.07, 6.45) is 19.1. The van der Waals surface area contributed by atoms with Crippen LogP contribution in [0, 0.1) is 11.8 Å². The van der Waals surface area contributed by atoms with Gasteiger partial charge in [0, 0.05) is 30.3 Å². The Hall–Kier alpha value is -1.97. The summed E-state index contributed by atoms with van der Waals surface area (Å²) >= 11 is 0. The van der Waals surface area contributed by atoms with E-state index >= 15 is 0 Å².